The van der Waals surface area contributed by atoms with Gasteiger partial charge < -0.3 is 50.6 Å². The number of methoxy groups -OCH3 is 1. The number of carbonyl (C=O) groups is 2. The number of hydrogen-bond donors (Lipinski definition) is 7. The molecule has 2 aromatic carbocycles. The molecule has 2 aliphatic carbocycles. The van der Waals surface area contributed by atoms with E-state index in [4.69, 9.17) is 19.9 Å². The highest BCUT2D eigenvalue weighted by Gasteiger charge is 2.50. The molecule has 1 heterocycles. The topological polar surface area (TPSA) is 209 Å². The van der Waals surface area contributed by atoms with Gasteiger partial charge in [-0.3, -0.25) is 9.59 Å². The van der Waals surface area contributed by atoms with E-state index in [0.717, 1.165) is 0 Å². The first kappa shape index (κ1) is 27.5. The van der Waals surface area contributed by atoms with E-state index in [2.05, 4.69) is 0 Å². The van der Waals surface area contributed by atoms with Crippen LogP contribution in [0.5, 0.6) is 17.2 Å². The van der Waals surface area contributed by atoms with Crippen LogP contribution >= 0.6 is 0 Å². The van der Waals surface area contributed by atoms with Crippen LogP contribution in [-0.4, -0.2) is 92.2 Å². The summed E-state index contributed by atoms with van der Waals surface area (Å²) in [5, 5.41) is 64.4. The molecule has 1 saturated heterocycles. The second kappa shape index (κ2) is 9.82. The summed E-state index contributed by atoms with van der Waals surface area (Å²) in [6.45, 7) is 0.768. The Morgan fingerprint density at radius 2 is 1.85 bits per heavy atom. The monoisotopic (exact) mass is 545 g/mol. The van der Waals surface area contributed by atoms with Gasteiger partial charge >= 0.3 is 0 Å². The maximum Gasteiger partial charge on any atom is 0.202 e. The van der Waals surface area contributed by atoms with Gasteiger partial charge in [0.05, 0.1) is 54.3 Å². The lowest BCUT2D eigenvalue weighted by molar-refractivity contribution is -0.251. The molecule has 39 heavy (non-hydrogen) atoms. The van der Waals surface area contributed by atoms with Gasteiger partial charge in [-0.1, -0.05) is 12.1 Å². The molecule has 0 amide bonds. The van der Waals surface area contributed by atoms with Crippen molar-refractivity contribution in [2.45, 2.75) is 68.5 Å². The lowest BCUT2D eigenvalue weighted by Gasteiger charge is -2.44. The van der Waals surface area contributed by atoms with E-state index in [-0.39, 0.29) is 40.8 Å². The number of fused-ring (bicyclic) bond motifs is 3. The lowest BCUT2D eigenvalue weighted by atomic mass is 9.71. The van der Waals surface area contributed by atoms with E-state index in [0.29, 0.717) is 0 Å². The molecule has 0 aromatic heterocycles. The first-order valence-electron chi connectivity index (χ1n) is 12.6. The van der Waals surface area contributed by atoms with Gasteiger partial charge in [0.25, 0.3) is 0 Å². The van der Waals surface area contributed by atoms with Gasteiger partial charge in [-0.25, -0.2) is 0 Å². The normalized spacial score (nSPS) is 30.8. The van der Waals surface area contributed by atoms with Crippen molar-refractivity contribution in [3.8, 4) is 17.2 Å². The number of ketones is 2. The summed E-state index contributed by atoms with van der Waals surface area (Å²) >= 11 is 0. The third-order valence-electron chi connectivity index (χ3n) is 7.97. The number of nitrogens with two attached hydrogens (primary N) is 1. The van der Waals surface area contributed by atoms with Gasteiger partial charge in [0.2, 0.25) is 5.78 Å². The molecule has 0 bridgehead atoms. The minimum Gasteiger partial charge on any atom is -0.507 e. The van der Waals surface area contributed by atoms with Crippen molar-refractivity contribution >= 4 is 11.6 Å². The summed E-state index contributed by atoms with van der Waals surface area (Å²) < 4.78 is 17.1. The molecule has 7 atom stereocenters. The molecular formula is C27H31NO11. The SMILES string of the molecule is COc1cccc2c1C(=O)c1c(O)c3c(c(O)c1C2=O)C[C@](O)(C(O)CO)C[C@H]3OC1CC(N)C(O)C(C)O1. The molecule has 12 nitrogen and oxygen atoms in total. The van der Waals surface area contributed by atoms with Crippen LogP contribution in [0.1, 0.15) is 68.8 Å². The molecule has 5 rings (SSSR count). The predicted octanol–water partition coefficient (Wildman–Crippen LogP) is -0.207. The van der Waals surface area contributed by atoms with Crippen LogP contribution in [0.15, 0.2) is 18.2 Å². The number of benzene rings is 2. The lowest BCUT2D eigenvalue weighted by Crippen LogP contribution is -2.53. The van der Waals surface area contributed by atoms with Crippen molar-refractivity contribution in [1.29, 1.82) is 0 Å². The van der Waals surface area contributed by atoms with Crippen molar-refractivity contribution in [1.82, 2.24) is 0 Å². The Labute approximate surface area is 223 Å². The number of rotatable bonds is 5. The number of aliphatic hydroxyl groups excluding tert-OH is 3. The maximum atomic E-state index is 13.7. The highest BCUT2D eigenvalue weighted by Crippen LogP contribution is 2.52. The summed E-state index contributed by atoms with van der Waals surface area (Å²) in [5.41, 5.74) is 2.77. The molecule has 210 valence electrons. The third kappa shape index (κ3) is 4.19. The largest absolute Gasteiger partial charge is 0.507 e. The second-order valence-electron chi connectivity index (χ2n) is 10.3. The van der Waals surface area contributed by atoms with Crippen LogP contribution in [-0.2, 0) is 15.9 Å². The number of phenolic OH excluding ortho intramolecular Hbond substituents is 2. The van der Waals surface area contributed by atoms with Crippen LogP contribution in [0, 0.1) is 0 Å². The summed E-state index contributed by atoms with van der Waals surface area (Å²) in [7, 11) is 1.33. The summed E-state index contributed by atoms with van der Waals surface area (Å²) in [6, 6.07) is 3.69. The van der Waals surface area contributed by atoms with Crippen LogP contribution in [0.25, 0.3) is 0 Å². The summed E-state index contributed by atoms with van der Waals surface area (Å²) in [4.78, 5) is 27.2. The Hall–Kier alpha value is -3.10. The van der Waals surface area contributed by atoms with Gasteiger partial charge in [0.15, 0.2) is 12.1 Å². The molecule has 1 fully saturated rings. The van der Waals surface area contributed by atoms with Crippen molar-refractivity contribution in [3.05, 3.63) is 51.6 Å². The zero-order chi connectivity index (χ0) is 28.4. The van der Waals surface area contributed by atoms with E-state index < -0.39 is 89.6 Å². The molecule has 1 aliphatic heterocycles. The molecular weight excluding hydrogens is 514 g/mol. The molecule has 2 aromatic rings. The van der Waals surface area contributed by atoms with E-state index in [1.807, 2.05) is 0 Å². The first-order chi connectivity index (χ1) is 18.4. The molecule has 3 aliphatic rings. The molecule has 0 saturated carbocycles. The van der Waals surface area contributed by atoms with Crippen molar-refractivity contribution < 1.29 is 54.4 Å². The molecule has 12 heteroatoms. The molecule has 0 spiro atoms. The van der Waals surface area contributed by atoms with Gasteiger partial charge in [-0.15, -0.1) is 0 Å². The van der Waals surface area contributed by atoms with E-state index in [1.54, 1.807) is 6.92 Å². The van der Waals surface area contributed by atoms with E-state index in [1.165, 1.54) is 25.3 Å². The maximum absolute atomic E-state index is 13.7. The minimum absolute atomic E-state index is 0.0343. The van der Waals surface area contributed by atoms with E-state index in [9.17, 15) is 40.2 Å². The standard InChI is InChI=1S/C27H31NO11/c1-10-22(31)13(28)6-17(38-10)39-15-8-27(36,16(30)9-29)7-12-19(15)26(35)21-20(24(12)33)23(32)11-4-3-5-14(37-2)18(11)25(21)34/h3-5,10,13,15-17,22,29-31,33,35-36H,6-9,28H2,1-2H3/t10?,13?,15-,16?,17?,22?,27-/m1/s1. The number of hydrogen-bond acceptors (Lipinski definition) is 12. The zero-order valence-corrected chi connectivity index (χ0v) is 21.3. The molecule has 8 N–H and O–H groups in total. The van der Waals surface area contributed by atoms with Gasteiger partial charge in [0.1, 0.15) is 23.4 Å². The van der Waals surface area contributed by atoms with Crippen LogP contribution in [0.2, 0.25) is 0 Å². The third-order valence-corrected chi connectivity index (χ3v) is 7.97. The quantitative estimate of drug-likeness (QED) is 0.208. The Balaban J connectivity index is 1.68. The van der Waals surface area contributed by atoms with Crippen molar-refractivity contribution in [2.24, 2.45) is 5.73 Å². The van der Waals surface area contributed by atoms with Crippen molar-refractivity contribution in [3.63, 3.8) is 0 Å². The summed E-state index contributed by atoms with van der Waals surface area (Å²) in [6.07, 6.45) is -6.45. The number of ether oxygens (including phenoxy) is 3. The van der Waals surface area contributed by atoms with Crippen molar-refractivity contribution in [2.75, 3.05) is 13.7 Å². The highest BCUT2D eigenvalue weighted by molar-refractivity contribution is 6.31. The molecule has 5 unspecified atom stereocenters. The fourth-order valence-corrected chi connectivity index (χ4v) is 5.84. The average Bonchev–Trinajstić information content (AvgIpc) is 2.90. The minimum atomic E-state index is -2.05. The Bertz CT molecular complexity index is 1330. The number of phenols is 2. The van der Waals surface area contributed by atoms with E-state index >= 15 is 0 Å². The smallest absolute Gasteiger partial charge is 0.202 e. The van der Waals surface area contributed by atoms with Gasteiger partial charge in [-0.2, -0.15) is 0 Å². The number of aromatic hydroxyl groups is 2. The molecule has 0 radical (unpaired) electrons. The van der Waals surface area contributed by atoms with Crippen LogP contribution in [0.3, 0.4) is 0 Å². The number of aliphatic hydroxyl groups is 4. The average molecular weight is 546 g/mol. The first-order valence-corrected chi connectivity index (χ1v) is 12.6. The predicted molar refractivity (Wildman–Crippen MR) is 133 cm³/mol. The van der Waals surface area contributed by atoms with Crippen LogP contribution in [0.4, 0.5) is 0 Å². The Kier molecular flexibility index (Phi) is 6.92. The fourth-order valence-electron chi connectivity index (χ4n) is 5.84. The summed E-state index contributed by atoms with van der Waals surface area (Å²) in [5.74, 6) is -2.68. The Morgan fingerprint density at radius 3 is 2.49 bits per heavy atom. The fraction of sp³-hybridized carbons (Fsp3) is 0.481. The van der Waals surface area contributed by atoms with Crippen LogP contribution < -0.4 is 10.5 Å². The van der Waals surface area contributed by atoms with Gasteiger partial charge in [0, 0.05) is 42.0 Å². The Morgan fingerprint density at radius 1 is 1.15 bits per heavy atom. The number of carbonyl (C=O) groups excluding carboxylic acids is 2. The van der Waals surface area contributed by atoms with Gasteiger partial charge in [-0.05, 0) is 13.0 Å². The second-order valence-corrected chi connectivity index (χ2v) is 10.3. The zero-order valence-electron chi connectivity index (χ0n) is 21.3. The highest BCUT2D eigenvalue weighted by atomic mass is 16.7.